The Bertz CT molecular complexity index is 663. The van der Waals surface area contributed by atoms with Gasteiger partial charge < -0.3 is 9.51 Å². The Morgan fingerprint density at radius 1 is 1.18 bits per heavy atom. The van der Waals surface area contributed by atoms with Crippen molar-refractivity contribution >= 4 is 11.0 Å². The molecule has 0 spiro atoms. The number of aryl methyl sites for hydroxylation is 1. The average Bonchev–Trinajstić information content (AvgIpc) is 2.85. The number of nitrogens with one attached hydrogen (secondary N) is 1. The highest BCUT2D eigenvalue weighted by atomic mass is 19.2. The maximum absolute atomic E-state index is 13.0. The van der Waals surface area contributed by atoms with Crippen LogP contribution in [0.3, 0.4) is 0 Å². The molecule has 86 valence electrons. The summed E-state index contributed by atoms with van der Waals surface area (Å²) in [6, 6.07) is 3.79. The molecule has 0 radical (unpaired) electrons. The molecule has 1 N–H and O–H groups in total. The SMILES string of the molecule is Cc1cc(-c2nc3cc(F)c(F)cc3[nH]2)no1. The van der Waals surface area contributed by atoms with Crippen molar-refractivity contribution in [1.82, 2.24) is 15.1 Å². The molecule has 0 fully saturated rings. The number of H-pyrrole nitrogens is 1. The Kier molecular flexibility index (Phi) is 1.98. The summed E-state index contributed by atoms with van der Waals surface area (Å²) in [5.41, 5.74) is 1.26. The second-order valence-corrected chi connectivity index (χ2v) is 3.69. The van der Waals surface area contributed by atoms with Gasteiger partial charge in [-0.25, -0.2) is 13.8 Å². The summed E-state index contributed by atoms with van der Waals surface area (Å²) in [5.74, 6) is -0.782. The lowest BCUT2D eigenvalue weighted by Crippen LogP contribution is -1.82. The van der Waals surface area contributed by atoms with Gasteiger partial charge in [0.15, 0.2) is 17.5 Å². The van der Waals surface area contributed by atoms with Gasteiger partial charge in [0, 0.05) is 18.2 Å². The Morgan fingerprint density at radius 3 is 2.65 bits per heavy atom. The minimum Gasteiger partial charge on any atom is -0.361 e. The molecular formula is C11H7F2N3O. The summed E-state index contributed by atoms with van der Waals surface area (Å²) in [6.07, 6.45) is 0. The Hall–Kier alpha value is -2.24. The van der Waals surface area contributed by atoms with Gasteiger partial charge in [-0.05, 0) is 6.92 Å². The van der Waals surface area contributed by atoms with Gasteiger partial charge in [-0.1, -0.05) is 5.16 Å². The number of fused-ring (bicyclic) bond motifs is 1. The largest absolute Gasteiger partial charge is 0.361 e. The number of benzene rings is 1. The molecule has 2 heterocycles. The van der Waals surface area contributed by atoms with Crippen molar-refractivity contribution in [2.75, 3.05) is 0 Å². The van der Waals surface area contributed by atoms with Crippen LogP contribution in [-0.4, -0.2) is 15.1 Å². The second kappa shape index (κ2) is 3.38. The fourth-order valence-corrected chi connectivity index (χ4v) is 1.60. The summed E-state index contributed by atoms with van der Waals surface area (Å²) in [5, 5.41) is 3.77. The highest BCUT2D eigenvalue weighted by Crippen LogP contribution is 2.22. The fourth-order valence-electron chi connectivity index (χ4n) is 1.60. The van der Waals surface area contributed by atoms with Crippen LogP contribution in [0.15, 0.2) is 22.7 Å². The van der Waals surface area contributed by atoms with E-state index < -0.39 is 11.6 Å². The molecule has 6 heteroatoms. The number of imidazole rings is 1. The second-order valence-electron chi connectivity index (χ2n) is 3.69. The number of hydrogen-bond acceptors (Lipinski definition) is 3. The Morgan fingerprint density at radius 2 is 1.94 bits per heavy atom. The van der Waals surface area contributed by atoms with Crippen LogP contribution >= 0.6 is 0 Å². The first kappa shape index (κ1) is 9.95. The van der Waals surface area contributed by atoms with Gasteiger partial charge in [0.25, 0.3) is 0 Å². The summed E-state index contributed by atoms with van der Waals surface area (Å²) in [7, 11) is 0. The molecule has 2 aromatic heterocycles. The predicted octanol–water partition coefficient (Wildman–Crippen LogP) is 2.80. The molecule has 0 aliphatic heterocycles. The molecule has 0 amide bonds. The summed E-state index contributed by atoms with van der Waals surface area (Å²) >= 11 is 0. The number of halogens is 2. The monoisotopic (exact) mass is 235 g/mol. The molecule has 0 saturated heterocycles. The van der Waals surface area contributed by atoms with Crippen molar-refractivity contribution in [1.29, 1.82) is 0 Å². The zero-order valence-corrected chi connectivity index (χ0v) is 8.79. The number of aromatic amines is 1. The van der Waals surface area contributed by atoms with Crippen LogP contribution in [0.25, 0.3) is 22.6 Å². The molecule has 0 aliphatic carbocycles. The molecule has 3 aromatic rings. The molecule has 3 rings (SSSR count). The van der Waals surface area contributed by atoms with E-state index in [1.54, 1.807) is 13.0 Å². The minimum absolute atomic E-state index is 0.347. The lowest BCUT2D eigenvalue weighted by Gasteiger charge is -1.90. The zero-order valence-electron chi connectivity index (χ0n) is 8.79. The smallest absolute Gasteiger partial charge is 0.161 e. The van der Waals surface area contributed by atoms with Crippen molar-refractivity contribution in [3.8, 4) is 11.5 Å². The Labute approximate surface area is 94.3 Å². The summed E-state index contributed by atoms with van der Waals surface area (Å²) < 4.78 is 30.9. The van der Waals surface area contributed by atoms with Gasteiger partial charge in [-0.2, -0.15) is 0 Å². The number of rotatable bonds is 1. The Balaban J connectivity index is 2.19. The van der Waals surface area contributed by atoms with E-state index in [1.807, 2.05) is 0 Å². The molecule has 0 atom stereocenters. The number of aromatic nitrogens is 3. The van der Waals surface area contributed by atoms with Crippen molar-refractivity contribution in [2.24, 2.45) is 0 Å². The van der Waals surface area contributed by atoms with Gasteiger partial charge in [-0.3, -0.25) is 0 Å². The van der Waals surface area contributed by atoms with Crippen LogP contribution in [0.4, 0.5) is 8.78 Å². The van der Waals surface area contributed by atoms with E-state index in [2.05, 4.69) is 15.1 Å². The van der Waals surface area contributed by atoms with Crippen molar-refractivity contribution < 1.29 is 13.3 Å². The van der Waals surface area contributed by atoms with E-state index in [1.165, 1.54) is 0 Å². The van der Waals surface area contributed by atoms with Gasteiger partial charge in [0.2, 0.25) is 0 Å². The third kappa shape index (κ3) is 1.57. The minimum atomic E-state index is -0.924. The molecule has 4 nitrogen and oxygen atoms in total. The molecule has 0 unspecified atom stereocenters. The van der Waals surface area contributed by atoms with E-state index in [9.17, 15) is 8.78 Å². The molecule has 17 heavy (non-hydrogen) atoms. The topological polar surface area (TPSA) is 54.7 Å². The molecule has 0 saturated carbocycles. The highest BCUT2D eigenvalue weighted by Gasteiger charge is 2.12. The van der Waals surface area contributed by atoms with Gasteiger partial charge >= 0.3 is 0 Å². The standard InChI is InChI=1S/C11H7F2N3O/c1-5-2-10(16-17-5)11-14-8-3-6(12)7(13)4-9(8)15-11/h2-4H,1H3,(H,14,15). The van der Waals surface area contributed by atoms with E-state index in [4.69, 9.17) is 4.52 Å². The molecule has 0 aliphatic rings. The first-order chi connectivity index (χ1) is 8.13. The summed E-state index contributed by atoms with van der Waals surface area (Å²) in [6.45, 7) is 1.75. The summed E-state index contributed by atoms with van der Waals surface area (Å²) in [4.78, 5) is 6.97. The quantitative estimate of drug-likeness (QED) is 0.705. The highest BCUT2D eigenvalue weighted by molar-refractivity contribution is 5.78. The normalized spacial score (nSPS) is 11.2. The van der Waals surface area contributed by atoms with Crippen LogP contribution in [-0.2, 0) is 0 Å². The molecular weight excluding hydrogens is 228 g/mol. The number of nitrogens with zero attached hydrogens (tertiary/aromatic N) is 2. The van der Waals surface area contributed by atoms with Gasteiger partial charge in [0.1, 0.15) is 11.5 Å². The first-order valence-corrected chi connectivity index (χ1v) is 4.92. The lowest BCUT2D eigenvalue weighted by molar-refractivity contribution is 0.399. The molecule has 0 bridgehead atoms. The zero-order chi connectivity index (χ0) is 12.0. The third-order valence-corrected chi connectivity index (χ3v) is 2.39. The first-order valence-electron chi connectivity index (χ1n) is 4.92. The van der Waals surface area contributed by atoms with E-state index in [0.717, 1.165) is 12.1 Å². The maximum Gasteiger partial charge on any atom is 0.161 e. The van der Waals surface area contributed by atoms with Crippen molar-refractivity contribution in [2.45, 2.75) is 6.92 Å². The van der Waals surface area contributed by atoms with Crippen molar-refractivity contribution in [3.05, 3.63) is 35.6 Å². The van der Waals surface area contributed by atoms with E-state index in [0.29, 0.717) is 28.3 Å². The van der Waals surface area contributed by atoms with E-state index in [-0.39, 0.29) is 0 Å². The van der Waals surface area contributed by atoms with Crippen molar-refractivity contribution in [3.63, 3.8) is 0 Å². The van der Waals surface area contributed by atoms with Crippen LogP contribution in [0, 0.1) is 18.6 Å². The predicted molar refractivity (Wildman–Crippen MR) is 56.2 cm³/mol. The van der Waals surface area contributed by atoms with Crippen LogP contribution < -0.4 is 0 Å². The van der Waals surface area contributed by atoms with Crippen LogP contribution in [0.2, 0.25) is 0 Å². The van der Waals surface area contributed by atoms with Crippen LogP contribution in [0.5, 0.6) is 0 Å². The van der Waals surface area contributed by atoms with Crippen LogP contribution in [0.1, 0.15) is 5.76 Å². The maximum atomic E-state index is 13.0. The number of hydrogen-bond donors (Lipinski definition) is 1. The van der Waals surface area contributed by atoms with E-state index >= 15 is 0 Å². The van der Waals surface area contributed by atoms with Gasteiger partial charge in [-0.15, -0.1) is 0 Å². The third-order valence-electron chi connectivity index (χ3n) is 2.39. The lowest BCUT2D eigenvalue weighted by atomic mass is 10.3. The molecule has 1 aromatic carbocycles. The van der Waals surface area contributed by atoms with Gasteiger partial charge in [0.05, 0.1) is 11.0 Å². The average molecular weight is 235 g/mol. The fraction of sp³-hybridized carbons (Fsp3) is 0.0909.